The summed E-state index contributed by atoms with van der Waals surface area (Å²) in [5.41, 5.74) is 1.67. The number of sulfonamides is 1. The molecule has 0 unspecified atom stereocenters. The minimum absolute atomic E-state index is 0.0989. The second kappa shape index (κ2) is 10.6. The summed E-state index contributed by atoms with van der Waals surface area (Å²) in [5, 5.41) is 10.1. The summed E-state index contributed by atoms with van der Waals surface area (Å²) >= 11 is 0. The Morgan fingerprint density at radius 1 is 1.24 bits per heavy atom. The number of hydrogen-bond acceptors (Lipinski definition) is 7. The van der Waals surface area contributed by atoms with Gasteiger partial charge in [-0.25, -0.2) is 18.4 Å². The van der Waals surface area contributed by atoms with E-state index in [1.165, 1.54) is 0 Å². The molecular formula is C26H32N4O7S. The van der Waals surface area contributed by atoms with Gasteiger partial charge in [0.2, 0.25) is 15.9 Å². The molecule has 12 heteroatoms. The van der Waals surface area contributed by atoms with Crippen LogP contribution in [0.3, 0.4) is 0 Å². The third kappa shape index (κ3) is 5.76. The fourth-order valence-corrected chi connectivity index (χ4v) is 5.69. The number of amides is 4. The van der Waals surface area contributed by atoms with Crippen LogP contribution >= 0.6 is 0 Å². The number of furan rings is 1. The van der Waals surface area contributed by atoms with Crippen molar-refractivity contribution in [1.29, 1.82) is 0 Å². The van der Waals surface area contributed by atoms with Crippen molar-refractivity contribution >= 4 is 27.9 Å². The van der Waals surface area contributed by atoms with Gasteiger partial charge in [0.25, 0.3) is 5.91 Å². The fraction of sp³-hybridized carbons (Fsp3) is 0.423. The molecule has 11 nitrogen and oxygen atoms in total. The van der Waals surface area contributed by atoms with E-state index < -0.39 is 27.5 Å². The normalized spacial score (nSPS) is 19.8. The van der Waals surface area contributed by atoms with Crippen molar-refractivity contribution in [2.45, 2.75) is 51.6 Å². The summed E-state index contributed by atoms with van der Waals surface area (Å²) in [5.74, 6) is 0.548. The van der Waals surface area contributed by atoms with Crippen molar-refractivity contribution in [2.24, 2.45) is 5.14 Å². The van der Waals surface area contributed by atoms with Gasteiger partial charge < -0.3 is 19.4 Å². The van der Waals surface area contributed by atoms with E-state index in [2.05, 4.69) is 10.6 Å². The lowest BCUT2D eigenvalue weighted by molar-refractivity contribution is -0.135. The van der Waals surface area contributed by atoms with Crippen LogP contribution in [0.25, 0.3) is 0 Å². The number of allylic oxidation sites excluding steroid dienone is 1. The van der Waals surface area contributed by atoms with Gasteiger partial charge in [0.05, 0.1) is 25.8 Å². The molecule has 4 amide bonds. The summed E-state index contributed by atoms with van der Waals surface area (Å²) in [6.07, 6.45) is 3.54. The summed E-state index contributed by atoms with van der Waals surface area (Å²) in [7, 11) is -2.04. The van der Waals surface area contributed by atoms with Crippen LogP contribution in [0.15, 0.2) is 40.3 Å². The van der Waals surface area contributed by atoms with Gasteiger partial charge in [-0.15, -0.1) is 0 Å². The van der Waals surface area contributed by atoms with Crippen molar-refractivity contribution in [3.05, 3.63) is 64.1 Å². The number of imide groups is 1. The van der Waals surface area contributed by atoms with Gasteiger partial charge in [0, 0.05) is 13.0 Å². The molecule has 2 aliphatic heterocycles. The molecule has 0 radical (unpaired) electrons. The number of carbonyl (C=O) groups excluding carboxylic acids is 3. The van der Waals surface area contributed by atoms with Crippen LogP contribution in [0.4, 0.5) is 4.79 Å². The lowest BCUT2D eigenvalue weighted by Gasteiger charge is -2.35. The molecule has 0 saturated carbocycles. The van der Waals surface area contributed by atoms with Crippen LogP contribution in [0.1, 0.15) is 48.5 Å². The standard InChI is InChI=1S/C26H32N4O7S/c1-4-21-17(7-5-6-16(2)14-38(27,34)35)11-22(37-21)26(24(32)28-25(33)29-26)15-30-13-18-8-9-20(36-3)10-19(18)12-23(30)31/h6,8-11H,4-5,7,12-15H2,1-3H3,(H2,27,34,35)(H2,28,29,32,33)/b16-6-/t26-/m0/s1. The second-order valence-electron chi connectivity index (χ2n) is 9.68. The zero-order valence-electron chi connectivity index (χ0n) is 21.6. The molecule has 4 N–H and O–H groups in total. The quantitative estimate of drug-likeness (QED) is 0.303. The van der Waals surface area contributed by atoms with Gasteiger partial charge >= 0.3 is 6.03 Å². The first-order valence-electron chi connectivity index (χ1n) is 12.3. The van der Waals surface area contributed by atoms with Crippen molar-refractivity contribution in [2.75, 3.05) is 19.4 Å². The van der Waals surface area contributed by atoms with Gasteiger partial charge in [0.1, 0.15) is 17.3 Å². The number of carbonyl (C=O) groups is 3. The largest absolute Gasteiger partial charge is 0.497 e. The second-order valence-corrected chi connectivity index (χ2v) is 11.3. The maximum Gasteiger partial charge on any atom is 0.322 e. The number of benzene rings is 1. The SMILES string of the molecule is CCc1oc([C@]2(CN3Cc4ccc(OC)cc4CC3=O)NC(=O)NC2=O)cc1CC/C=C(/C)CS(N)(=O)=O. The molecule has 2 aliphatic rings. The first kappa shape index (κ1) is 27.4. The Morgan fingerprint density at radius 3 is 2.63 bits per heavy atom. The van der Waals surface area contributed by atoms with Crippen molar-refractivity contribution in [3.8, 4) is 5.75 Å². The van der Waals surface area contributed by atoms with Gasteiger partial charge in [-0.2, -0.15) is 0 Å². The summed E-state index contributed by atoms with van der Waals surface area (Å²) < 4.78 is 34.0. The number of primary sulfonamides is 1. The fourth-order valence-electron chi connectivity index (χ4n) is 4.94. The van der Waals surface area contributed by atoms with Gasteiger partial charge in [0.15, 0.2) is 5.54 Å². The molecule has 0 aliphatic carbocycles. The Hall–Kier alpha value is -3.64. The van der Waals surface area contributed by atoms with E-state index in [0.29, 0.717) is 36.3 Å². The molecule has 1 fully saturated rings. The highest BCUT2D eigenvalue weighted by Gasteiger charge is 2.52. The Labute approximate surface area is 221 Å². The molecule has 1 aromatic heterocycles. The molecule has 0 bridgehead atoms. The highest BCUT2D eigenvalue weighted by atomic mass is 32.2. The Balaban J connectivity index is 1.60. The third-order valence-electron chi connectivity index (χ3n) is 6.81. The predicted octanol–water partition coefficient (Wildman–Crippen LogP) is 1.64. The van der Waals surface area contributed by atoms with Crippen LogP contribution in [0.5, 0.6) is 5.75 Å². The lowest BCUT2D eigenvalue weighted by Crippen LogP contribution is -2.54. The van der Waals surface area contributed by atoms with E-state index in [-0.39, 0.29) is 36.9 Å². The molecule has 1 saturated heterocycles. The van der Waals surface area contributed by atoms with Crippen LogP contribution in [0.2, 0.25) is 0 Å². The third-order valence-corrected chi connectivity index (χ3v) is 7.67. The first-order chi connectivity index (χ1) is 17.9. The van der Waals surface area contributed by atoms with Gasteiger partial charge in [-0.05, 0) is 54.7 Å². The molecule has 0 spiro atoms. The molecule has 4 rings (SSSR count). The Morgan fingerprint density at radius 2 is 2.00 bits per heavy atom. The Bertz CT molecular complexity index is 1410. The smallest absolute Gasteiger partial charge is 0.322 e. The van der Waals surface area contributed by atoms with Crippen molar-refractivity contribution in [1.82, 2.24) is 15.5 Å². The van der Waals surface area contributed by atoms with E-state index in [9.17, 15) is 22.8 Å². The van der Waals surface area contributed by atoms with Crippen LogP contribution in [-0.4, -0.2) is 50.6 Å². The van der Waals surface area contributed by atoms with E-state index in [1.807, 2.05) is 25.1 Å². The number of methoxy groups -OCH3 is 1. The number of hydrogen-bond donors (Lipinski definition) is 3. The molecule has 3 heterocycles. The van der Waals surface area contributed by atoms with Crippen LogP contribution in [-0.2, 0) is 51.0 Å². The highest BCUT2D eigenvalue weighted by molar-refractivity contribution is 7.89. The van der Waals surface area contributed by atoms with Crippen molar-refractivity contribution < 1.29 is 32.0 Å². The zero-order chi connectivity index (χ0) is 27.7. The van der Waals surface area contributed by atoms with Crippen LogP contribution in [0, 0.1) is 0 Å². The average molecular weight is 545 g/mol. The number of nitrogens with zero attached hydrogens (tertiary/aromatic N) is 1. The van der Waals surface area contributed by atoms with Gasteiger partial charge in [-0.1, -0.05) is 24.6 Å². The monoisotopic (exact) mass is 544 g/mol. The van der Waals surface area contributed by atoms with E-state index in [1.54, 1.807) is 31.1 Å². The number of urea groups is 1. The minimum Gasteiger partial charge on any atom is -0.497 e. The molecular weight excluding hydrogens is 512 g/mol. The minimum atomic E-state index is -3.61. The summed E-state index contributed by atoms with van der Waals surface area (Å²) in [6, 6.07) is 6.61. The number of nitrogens with two attached hydrogens (primary N) is 1. The predicted molar refractivity (Wildman–Crippen MR) is 139 cm³/mol. The average Bonchev–Trinajstić information content (AvgIpc) is 3.38. The number of ether oxygens (including phenoxy) is 1. The highest BCUT2D eigenvalue weighted by Crippen LogP contribution is 2.33. The number of fused-ring (bicyclic) bond motifs is 1. The number of nitrogens with one attached hydrogen (secondary N) is 2. The zero-order valence-corrected chi connectivity index (χ0v) is 22.4. The first-order valence-corrected chi connectivity index (χ1v) is 14.0. The maximum absolute atomic E-state index is 13.2. The van der Waals surface area contributed by atoms with E-state index in [0.717, 1.165) is 16.7 Å². The molecule has 2 aromatic rings. The maximum atomic E-state index is 13.2. The molecule has 38 heavy (non-hydrogen) atoms. The van der Waals surface area contributed by atoms with E-state index >= 15 is 0 Å². The topological polar surface area (TPSA) is 161 Å². The summed E-state index contributed by atoms with van der Waals surface area (Å²) in [4.78, 5) is 40.1. The Kier molecular flexibility index (Phi) is 7.65. The number of aryl methyl sites for hydroxylation is 2. The molecule has 1 aromatic carbocycles. The van der Waals surface area contributed by atoms with Crippen molar-refractivity contribution in [3.63, 3.8) is 0 Å². The van der Waals surface area contributed by atoms with E-state index in [4.69, 9.17) is 14.3 Å². The molecule has 1 atom stereocenters. The van der Waals surface area contributed by atoms with Gasteiger partial charge in [-0.3, -0.25) is 14.9 Å². The lowest BCUT2D eigenvalue weighted by atomic mass is 9.92. The molecule has 204 valence electrons. The summed E-state index contributed by atoms with van der Waals surface area (Å²) in [6.45, 7) is 3.78. The number of rotatable bonds is 10. The van der Waals surface area contributed by atoms with Crippen LogP contribution < -0.4 is 20.5 Å².